The summed E-state index contributed by atoms with van der Waals surface area (Å²) in [6.07, 6.45) is 2.65. The topological polar surface area (TPSA) is 21.3 Å². The summed E-state index contributed by atoms with van der Waals surface area (Å²) in [6, 6.07) is 0. The summed E-state index contributed by atoms with van der Waals surface area (Å²) >= 11 is 0. The van der Waals surface area contributed by atoms with Crippen molar-refractivity contribution >= 4 is 0 Å². The van der Waals surface area contributed by atoms with Crippen molar-refractivity contribution in [1.29, 1.82) is 0 Å². The third-order valence-electron chi connectivity index (χ3n) is 2.63. The summed E-state index contributed by atoms with van der Waals surface area (Å²) in [5.74, 6) is 0.894. The summed E-state index contributed by atoms with van der Waals surface area (Å²) in [4.78, 5) is 0. The van der Waals surface area contributed by atoms with Gasteiger partial charge in [0.2, 0.25) is 0 Å². The average molecular weight is 141 g/mol. The van der Waals surface area contributed by atoms with Gasteiger partial charge in [-0.1, -0.05) is 6.92 Å². The summed E-state index contributed by atoms with van der Waals surface area (Å²) < 4.78 is 5.20. The fourth-order valence-electron chi connectivity index (χ4n) is 1.99. The standard InChI is InChI=1S/C8H15NO/c1-7-2-3-9-8(4-7)5-10-6-8/h7,9H,2-6H2,1H3. The Kier molecular flexibility index (Phi) is 1.46. The van der Waals surface area contributed by atoms with Crippen LogP contribution in [0.1, 0.15) is 19.8 Å². The Morgan fingerprint density at radius 2 is 2.30 bits per heavy atom. The molecule has 0 saturated carbocycles. The van der Waals surface area contributed by atoms with Crippen LogP contribution in [0.2, 0.25) is 0 Å². The van der Waals surface area contributed by atoms with E-state index in [-0.39, 0.29) is 0 Å². The summed E-state index contributed by atoms with van der Waals surface area (Å²) in [7, 11) is 0. The molecule has 0 aliphatic carbocycles. The van der Waals surface area contributed by atoms with E-state index in [2.05, 4.69) is 12.2 Å². The second-order valence-electron chi connectivity index (χ2n) is 3.80. The lowest BCUT2D eigenvalue weighted by Crippen LogP contribution is -2.63. The van der Waals surface area contributed by atoms with Crippen LogP contribution in [0.25, 0.3) is 0 Å². The molecule has 2 aliphatic rings. The first-order chi connectivity index (χ1) is 4.81. The summed E-state index contributed by atoms with van der Waals surface area (Å²) in [5, 5.41) is 3.54. The number of hydrogen-bond donors (Lipinski definition) is 1. The average Bonchev–Trinajstić information content (AvgIpc) is 1.85. The molecule has 10 heavy (non-hydrogen) atoms. The zero-order chi connectivity index (χ0) is 7.03. The molecule has 0 aromatic rings. The zero-order valence-corrected chi connectivity index (χ0v) is 6.52. The Bertz CT molecular complexity index is 131. The Balaban J connectivity index is 1.96. The largest absolute Gasteiger partial charge is 0.377 e. The maximum absolute atomic E-state index is 5.20. The second kappa shape index (κ2) is 2.21. The van der Waals surface area contributed by atoms with E-state index in [4.69, 9.17) is 4.74 Å². The van der Waals surface area contributed by atoms with Crippen molar-refractivity contribution in [2.45, 2.75) is 25.3 Å². The van der Waals surface area contributed by atoms with Crippen LogP contribution in [0.15, 0.2) is 0 Å². The predicted molar refractivity (Wildman–Crippen MR) is 40.0 cm³/mol. The molecular weight excluding hydrogens is 126 g/mol. The molecule has 1 unspecified atom stereocenters. The van der Waals surface area contributed by atoms with Gasteiger partial charge in [0.15, 0.2) is 0 Å². The van der Waals surface area contributed by atoms with E-state index in [9.17, 15) is 0 Å². The summed E-state index contributed by atoms with van der Waals surface area (Å²) in [6.45, 7) is 5.40. The van der Waals surface area contributed by atoms with Gasteiger partial charge in [0.25, 0.3) is 0 Å². The molecule has 2 fully saturated rings. The fraction of sp³-hybridized carbons (Fsp3) is 1.00. The van der Waals surface area contributed by atoms with Crippen LogP contribution in [-0.2, 0) is 4.74 Å². The van der Waals surface area contributed by atoms with E-state index in [1.807, 2.05) is 0 Å². The first kappa shape index (κ1) is 6.62. The van der Waals surface area contributed by atoms with Crippen LogP contribution in [0.4, 0.5) is 0 Å². The van der Waals surface area contributed by atoms with E-state index >= 15 is 0 Å². The first-order valence-electron chi connectivity index (χ1n) is 4.14. The maximum Gasteiger partial charge on any atom is 0.0672 e. The molecule has 2 heterocycles. The predicted octanol–water partition coefficient (Wildman–Crippen LogP) is 0.775. The molecular formula is C8H15NO. The van der Waals surface area contributed by atoms with Gasteiger partial charge in [-0.2, -0.15) is 0 Å². The van der Waals surface area contributed by atoms with Gasteiger partial charge in [-0.25, -0.2) is 0 Å². The van der Waals surface area contributed by atoms with Gasteiger partial charge >= 0.3 is 0 Å². The minimum absolute atomic E-state index is 0.400. The Morgan fingerprint density at radius 1 is 1.50 bits per heavy atom. The third kappa shape index (κ3) is 0.956. The molecule has 0 radical (unpaired) electrons. The highest BCUT2D eigenvalue weighted by molar-refractivity contribution is 4.97. The van der Waals surface area contributed by atoms with Crippen molar-refractivity contribution in [2.75, 3.05) is 19.8 Å². The van der Waals surface area contributed by atoms with Crippen molar-refractivity contribution in [2.24, 2.45) is 5.92 Å². The highest BCUT2D eigenvalue weighted by Gasteiger charge is 2.41. The minimum atomic E-state index is 0.400. The van der Waals surface area contributed by atoms with Crippen molar-refractivity contribution in [3.05, 3.63) is 0 Å². The molecule has 1 atom stereocenters. The van der Waals surface area contributed by atoms with Gasteiger partial charge < -0.3 is 10.1 Å². The lowest BCUT2D eigenvalue weighted by molar-refractivity contribution is -0.0938. The van der Waals surface area contributed by atoms with E-state index in [1.165, 1.54) is 19.4 Å². The third-order valence-corrected chi connectivity index (χ3v) is 2.63. The number of nitrogens with one attached hydrogen (secondary N) is 1. The van der Waals surface area contributed by atoms with Crippen LogP contribution in [-0.4, -0.2) is 25.3 Å². The SMILES string of the molecule is CC1CCNC2(COC2)C1. The van der Waals surface area contributed by atoms with Crippen molar-refractivity contribution < 1.29 is 4.74 Å². The van der Waals surface area contributed by atoms with Crippen LogP contribution in [0.5, 0.6) is 0 Å². The number of rotatable bonds is 0. The molecule has 0 aromatic carbocycles. The number of hydrogen-bond acceptors (Lipinski definition) is 2. The molecule has 58 valence electrons. The smallest absolute Gasteiger partial charge is 0.0672 e. The molecule has 0 aromatic heterocycles. The lowest BCUT2D eigenvalue weighted by atomic mass is 9.81. The van der Waals surface area contributed by atoms with E-state index in [0.29, 0.717) is 5.54 Å². The monoisotopic (exact) mass is 141 g/mol. The lowest BCUT2D eigenvalue weighted by Gasteiger charge is -2.47. The minimum Gasteiger partial charge on any atom is -0.377 e. The molecule has 2 saturated heterocycles. The highest BCUT2D eigenvalue weighted by Crippen LogP contribution is 2.29. The van der Waals surface area contributed by atoms with E-state index in [0.717, 1.165) is 19.1 Å². The molecule has 2 heteroatoms. The van der Waals surface area contributed by atoms with Crippen molar-refractivity contribution in [3.63, 3.8) is 0 Å². The van der Waals surface area contributed by atoms with Gasteiger partial charge in [0.05, 0.1) is 18.8 Å². The first-order valence-corrected chi connectivity index (χ1v) is 4.14. The molecule has 0 amide bonds. The van der Waals surface area contributed by atoms with Crippen molar-refractivity contribution in [1.82, 2.24) is 5.32 Å². The van der Waals surface area contributed by atoms with E-state index < -0.39 is 0 Å². The van der Waals surface area contributed by atoms with E-state index in [1.54, 1.807) is 0 Å². The normalized spacial score (nSPS) is 37.5. The molecule has 1 N–H and O–H groups in total. The Labute approximate surface area is 61.9 Å². The van der Waals surface area contributed by atoms with Crippen LogP contribution in [0, 0.1) is 5.92 Å². The summed E-state index contributed by atoms with van der Waals surface area (Å²) in [5.41, 5.74) is 0.400. The van der Waals surface area contributed by atoms with Gasteiger partial charge in [0.1, 0.15) is 0 Å². The molecule has 2 aliphatic heterocycles. The van der Waals surface area contributed by atoms with Crippen molar-refractivity contribution in [3.8, 4) is 0 Å². The number of piperidine rings is 1. The van der Waals surface area contributed by atoms with Gasteiger partial charge in [-0.05, 0) is 25.3 Å². The molecule has 2 nitrogen and oxygen atoms in total. The second-order valence-corrected chi connectivity index (χ2v) is 3.80. The van der Waals surface area contributed by atoms with Crippen LogP contribution in [0.3, 0.4) is 0 Å². The Morgan fingerprint density at radius 3 is 2.70 bits per heavy atom. The van der Waals surface area contributed by atoms with Gasteiger partial charge in [-0.15, -0.1) is 0 Å². The quantitative estimate of drug-likeness (QED) is 0.538. The molecule has 0 bridgehead atoms. The highest BCUT2D eigenvalue weighted by atomic mass is 16.5. The van der Waals surface area contributed by atoms with Crippen LogP contribution < -0.4 is 5.32 Å². The number of ether oxygens (including phenoxy) is 1. The molecule has 1 spiro atoms. The zero-order valence-electron chi connectivity index (χ0n) is 6.52. The van der Waals surface area contributed by atoms with Gasteiger partial charge in [0, 0.05) is 0 Å². The van der Waals surface area contributed by atoms with Crippen LogP contribution >= 0.6 is 0 Å². The Hall–Kier alpha value is -0.0800. The maximum atomic E-state index is 5.20. The molecule has 2 rings (SSSR count). The fourth-order valence-corrected chi connectivity index (χ4v) is 1.99. The van der Waals surface area contributed by atoms with Gasteiger partial charge in [-0.3, -0.25) is 0 Å².